The van der Waals surface area contributed by atoms with Crippen molar-refractivity contribution >= 4 is 17.5 Å². The van der Waals surface area contributed by atoms with E-state index in [0.29, 0.717) is 53.9 Å². The maximum absolute atomic E-state index is 15.0. The molecule has 3 aromatic carbocycles. The van der Waals surface area contributed by atoms with Gasteiger partial charge in [0.25, 0.3) is 0 Å². The van der Waals surface area contributed by atoms with E-state index in [1.165, 1.54) is 36.8 Å². The summed E-state index contributed by atoms with van der Waals surface area (Å²) < 4.78 is 12.9. The third-order valence-electron chi connectivity index (χ3n) is 16.4. The highest BCUT2D eigenvalue weighted by molar-refractivity contribution is 6.07. The zero-order valence-electron chi connectivity index (χ0n) is 37.5. The minimum Gasteiger partial charge on any atom is -0.508 e. The first-order valence-corrected chi connectivity index (χ1v) is 24.4. The van der Waals surface area contributed by atoms with Crippen molar-refractivity contribution in [3.63, 3.8) is 0 Å². The molecule has 64 heavy (non-hydrogen) atoms. The molecule has 3 heterocycles. The minimum atomic E-state index is -0.869. The number of phenolic OH excluding ortho intramolecular Hbond substituents is 1. The summed E-state index contributed by atoms with van der Waals surface area (Å²) in [7, 11) is 1.96. The summed E-state index contributed by atoms with van der Waals surface area (Å²) in [6, 6.07) is 25.3. The van der Waals surface area contributed by atoms with Gasteiger partial charge in [0.15, 0.2) is 0 Å². The van der Waals surface area contributed by atoms with Gasteiger partial charge in [-0.25, -0.2) is 9.59 Å². The first-order valence-electron chi connectivity index (χ1n) is 24.4. The molecule has 1 spiro atoms. The number of allylic oxidation sites excluding steroid dienone is 5. The van der Waals surface area contributed by atoms with Crippen molar-refractivity contribution in [3.8, 4) is 16.9 Å². The van der Waals surface area contributed by atoms with Gasteiger partial charge in [-0.2, -0.15) is 0 Å². The van der Waals surface area contributed by atoms with E-state index in [0.717, 1.165) is 79.5 Å². The number of aliphatic hydroxyl groups excluding tert-OH is 1. The Balaban J connectivity index is 1.08. The molecule has 2 bridgehead atoms. The number of ether oxygens (including phenoxy) is 2. The summed E-state index contributed by atoms with van der Waals surface area (Å²) in [5, 5.41) is 32.5. The van der Waals surface area contributed by atoms with E-state index in [1.807, 2.05) is 25.2 Å². The van der Waals surface area contributed by atoms with Crippen LogP contribution >= 0.6 is 0 Å². The molecule has 3 aromatic rings. The molecule has 0 aromatic heterocycles. The molecule has 5 aliphatic carbocycles. The lowest BCUT2D eigenvalue weighted by Crippen LogP contribution is -2.52. The molecule has 2 saturated heterocycles. The van der Waals surface area contributed by atoms with Crippen LogP contribution in [0.15, 0.2) is 113 Å². The lowest BCUT2D eigenvalue weighted by Gasteiger charge is -2.56. The van der Waals surface area contributed by atoms with E-state index in [4.69, 9.17) is 9.47 Å². The van der Waals surface area contributed by atoms with Crippen molar-refractivity contribution in [2.24, 2.45) is 40.9 Å². The number of nitrogens with one attached hydrogen (secondary N) is 3. The zero-order valence-corrected chi connectivity index (χ0v) is 37.5. The molecule has 5 N–H and O–H groups in total. The quantitative estimate of drug-likeness (QED) is 0.101. The third kappa shape index (κ3) is 7.80. The van der Waals surface area contributed by atoms with E-state index in [2.05, 4.69) is 83.6 Å². The summed E-state index contributed by atoms with van der Waals surface area (Å²) in [4.78, 5) is 29.5. The monoisotopic (exact) mass is 863 g/mol. The summed E-state index contributed by atoms with van der Waals surface area (Å²) in [6.07, 6.45) is 16.8. The maximum Gasteiger partial charge on any atom is 0.340 e. The number of benzene rings is 3. The number of hydrogen-bond acceptors (Lipinski definition) is 9. The van der Waals surface area contributed by atoms with Crippen molar-refractivity contribution in [2.75, 3.05) is 20.2 Å². The van der Waals surface area contributed by atoms with Gasteiger partial charge in [-0.1, -0.05) is 74.4 Å². The standard InChI is InChI=1S/C55H65N3O6/c1-3-33(26-34-10-5-4-6-11-34)28-47-55-24-22-42(43-19-20-44-46(63-53(61)50(44)51(43)55)21-16-38(32-59)36-23-25-57-48(29-36)56-2)49(52(55)54(62)64-47)45-30-40(60)17-18-41(45)37-13-9-12-35(27-37)31-58-39-14-7-8-15-39/h4-6,9-13,17-18,21,27-28,30,33,36,38-39,42-43,48,51,56-60H,3,7-8,14-16,19-20,22-26,29,31-32H2,1-2H3. The molecule has 336 valence electrons. The van der Waals surface area contributed by atoms with Crippen LogP contribution in [0, 0.1) is 40.9 Å². The second-order valence-corrected chi connectivity index (χ2v) is 19.8. The van der Waals surface area contributed by atoms with Gasteiger partial charge in [-0.3, -0.25) is 0 Å². The highest BCUT2D eigenvalue weighted by Crippen LogP contribution is 2.72. The average molecular weight is 864 g/mol. The minimum absolute atomic E-state index is 0.0264. The Kier molecular flexibility index (Phi) is 12.3. The van der Waals surface area contributed by atoms with Gasteiger partial charge in [-0.05, 0) is 178 Å². The van der Waals surface area contributed by atoms with Crippen LogP contribution in [0.25, 0.3) is 16.7 Å². The largest absolute Gasteiger partial charge is 0.508 e. The number of esters is 2. The van der Waals surface area contributed by atoms with Crippen molar-refractivity contribution in [1.29, 1.82) is 0 Å². The summed E-state index contributed by atoms with van der Waals surface area (Å²) in [5.74, 6) is 1.04. The SMILES string of the molecule is CCC(C=C1OC(=O)C2=C(c3cc(O)ccc3-c3cccc(CNC4CCCC4)c3)C3CCC12C1C2=C(CCC31)C(=CCC(CO)C1CCNC(NC)C1)OC2=O)Cc1ccccc1. The van der Waals surface area contributed by atoms with Crippen LogP contribution in [0.4, 0.5) is 0 Å². The van der Waals surface area contributed by atoms with Crippen molar-refractivity contribution in [1.82, 2.24) is 16.0 Å². The zero-order chi connectivity index (χ0) is 44.0. The summed E-state index contributed by atoms with van der Waals surface area (Å²) in [6.45, 7) is 3.95. The number of fused-ring (bicyclic) bond motifs is 1. The molecule has 2 saturated carbocycles. The number of aromatic hydroxyl groups is 1. The third-order valence-corrected chi connectivity index (χ3v) is 16.4. The Morgan fingerprint density at radius 1 is 0.906 bits per heavy atom. The molecule has 8 aliphatic rings. The number of carbonyl (C=O) groups excluding carboxylic acids is 2. The fourth-order valence-corrected chi connectivity index (χ4v) is 13.2. The van der Waals surface area contributed by atoms with E-state index in [-0.39, 0.29) is 60.1 Å². The fourth-order valence-electron chi connectivity index (χ4n) is 13.2. The number of hydrogen-bond donors (Lipinski definition) is 5. The first-order chi connectivity index (χ1) is 31.3. The highest BCUT2D eigenvalue weighted by Gasteiger charge is 2.68. The van der Waals surface area contributed by atoms with Crippen LogP contribution in [0.5, 0.6) is 5.75 Å². The number of phenols is 1. The van der Waals surface area contributed by atoms with E-state index in [9.17, 15) is 19.8 Å². The Morgan fingerprint density at radius 2 is 1.73 bits per heavy atom. The predicted molar refractivity (Wildman–Crippen MR) is 249 cm³/mol. The van der Waals surface area contributed by atoms with Gasteiger partial charge < -0.3 is 35.6 Å². The normalized spacial score (nSPS) is 29.8. The molecule has 0 radical (unpaired) electrons. The molecular weight excluding hydrogens is 799 g/mol. The number of aliphatic hydroxyl groups is 1. The van der Waals surface area contributed by atoms with Crippen LogP contribution in [-0.2, 0) is 32.0 Å². The number of cyclic esters (lactones) is 2. The molecule has 8 atom stereocenters. The van der Waals surface area contributed by atoms with Crippen LogP contribution in [0.1, 0.15) is 101 Å². The van der Waals surface area contributed by atoms with Gasteiger partial charge in [0, 0.05) is 36.3 Å². The van der Waals surface area contributed by atoms with E-state index < -0.39 is 5.41 Å². The molecule has 11 rings (SSSR count). The van der Waals surface area contributed by atoms with Crippen LogP contribution < -0.4 is 16.0 Å². The number of piperidine rings is 1. The van der Waals surface area contributed by atoms with Crippen molar-refractivity contribution in [3.05, 3.63) is 130 Å². The van der Waals surface area contributed by atoms with Gasteiger partial charge in [-0.15, -0.1) is 0 Å². The number of rotatable bonds is 14. The topological polar surface area (TPSA) is 129 Å². The van der Waals surface area contributed by atoms with Crippen molar-refractivity contribution < 1.29 is 29.3 Å². The smallest absolute Gasteiger partial charge is 0.340 e. The molecule has 0 amide bonds. The molecule has 4 fully saturated rings. The maximum atomic E-state index is 15.0. The van der Waals surface area contributed by atoms with Crippen molar-refractivity contribution in [2.45, 2.75) is 109 Å². The lowest BCUT2D eigenvalue weighted by molar-refractivity contribution is -0.135. The van der Waals surface area contributed by atoms with Crippen LogP contribution in [0.3, 0.4) is 0 Å². The van der Waals surface area contributed by atoms with Gasteiger partial charge in [0.2, 0.25) is 0 Å². The second-order valence-electron chi connectivity index (χ2n) is 19.8. The van der Waals surface area contributed by atoms with E-state index >= 15 is 0 Å². The molecule has 8 unspecified atom stereocenters. The molecular formula is C55H65N3O6. The Bertz CT molecular complexity index is 2390. The number of carbonyl (C=O) groups is 2. The van der Waals surface area contributed by atoms with E-state index in [1.54, 1.807) is 6.07 Å². The molecule has 3 aliphatic heterocycles. The summed E-state index contributed by atoms with van der Waals surface area (Å²) in [5.41, 5.74) is 7.76. The predicted octanol–water partition coefficient (Wildman–Crippen LogP) is 9.27. The first kappa shape index (κ1) is 43.1. The van der Waals surface area contributed by atoms with Gasteiger partial charge >= 0.3 is 11.9 Å². The second kappa shape index (κ2) is 18.2. The van der Waals surface area contributed by atoms with Crippen LogP contribution in [0.2, 0.25) is 0 Å². The average Bonchev–Trinajstić information content (AvgIpc) is 4.05. The van der Waals surface area contributed by atoms with Gasteiger partial charge in [0.05, 0.1) is 17.2 Å². The fraction of sp³-hybridized carbons (Fsp3) is 0.491. The molecule has 9 heteroatoms. The van der Waals surface area contributed by atoms with Gasteiger partial charge in [0.1, 0.15) is 17.3 Å². The Hall–Kier alpha value is -4.80. The molecule has 9 nitrogen and oxygen atoms in total. The summed E-state index contributed by atoms with van der Waals surface area (Å²) >= 11 is 0. The highest BCUT2D eigenvalue weighted by atomic mass is 16.5. The Morgan fingerprint density at radius 3 is 2.53 bits per heavy atom. The Labute approximate surface area is 378 Å². The lowest BCUT2D eigenvalue weighted by atomic mass is 9.44. The van der Waals surface area contributed by atoms with Crippen LogP contribution in [-0.4, -0.2) is 54.6 Å².